The second-order valence-corrected chi connectivity index (χ2v) is 6.62. The van der Waals surface area contributed by atoms with Crippen LogP contribution in [0.25, 0.3) is 20.8 Å². The van der Waals surface area contributed by atoms with Gasteiger partial charge in [0, 0.05) is 16.7 Å². The molecule has 0 aliphatic carbocycles. The number of para-hydroxylation sites is 1. The minimum absolute atomic E-state index is 0.0162. The number of nitrogens with zero attached hydrogens (tertiary/aromatic N) is 1. The predicted molar refractivity (Wildman–Crippen MR) is 101 cm³/mol. The summed E-state index contributed by atoms with van der Waals surface area (Å²) in [4.78, 5) is 17.7. The number of fused-ring (bicyclic) bond motifs is 1. The molecule has 122 valence electrons. The molecule has 0 aliphatic rings. The molecule has 0 atom stereocenters. The van der Waals surface area contributed by atoms with E-state index in [4.69, 9.17) is 9.72 Å². The Morgan fingerprint density at radius 1 is 0.920 bits per heavy atom. The zero-order valence-electron chi connectivity index (χ0n) is 13.6. The van der Waals surface area contributed by atoms with E-state index in [0.29, 0.717) is 11.1 Å². The van der Waals surface area contributed by atoms with E-state index in [9.17, 15) is 4.79 Å². The van der Waals surface area contributed by atoms with E-state index < -0.39 is 0 Å². The summed E-state index contributed by atoms with van der Waals surface area (Å²) in [6.45, 7) is 0. The smallest absolute Gasteiger partial charge is 0.193 e. The summed E-state index contributed by atoms with van der Waals surface area (Å²) in [5.41, 5.74) is 3.11. The van der Waals surface area contributed by atoms with Crippen molar-refractivity contribution in [1.29, 1.82) is 0 Å². The normalized spacial score (nSPS) is 10.8. The van der Waals surface area contributed by atoms with Crippen molar-refractivity contribution < 1.29 is 9.53 Å². The lowest BCUT2D eigenvalue weighted by Crippen LogP contribution is -2.03. The van der Waals surface area contributed by atoms with Gasteiger partial charge in [-0.25, -0.2) is 4.98 Å². The number of hydrogen-bond donors (Lipinski definition) is 0. The highest BCUT2D eigenvalue weighted by molar-refractivity contribution is 7.21. The highest BCUT2D eigenvalue weighted by Gasteiger charge is 2.17. The fourth-order valence-corrected chi connectivity index (χ4v) is 3.76. The Bertz CT molecular complexity index is 1020. The van der Waals surface area contributed by atoms with E-state index >= 15 is 0 Å². The molecule has 3 aromatic carbocycles. The van der Waals surface area contributed by atoms with Crippen molar-refractivity contribution in [1.82, 2.24) is 4.98 Å². The average Bonchev–Trinajstić information content (AvgIpc) is 3.11. The molecule has 0 saturated heterocycles. The van der Waals surface area contributed by atoms with E-state index in [0.717, 1.165) is 26.5 Å². The summed E-state index contributed by atoms with van der Waals surface area (Å²) >= 11 is 1.60. The molecule has 4 aromatic rings. The lowest BCUT2D eigenvalue weighted by atomic mass is 9.98. The number of hydrogen-bond acceptors (Lipinski definition) is 4. The largest absolute Gasteiger partial charge is 0.497 e. The van der Waals surface area contributed by atoms with Gasteiger partial charge in [0.25, 0.3) is 0 Å². The Labute approximate surface area is 149 Å². The maximum absolute atomic E-state index is 13.0. The Morgan fingerprint density at radius 3 is 2.40 bits per heavy atom. The molecule has 0 radical (unpaired) electrons. The first kappa shape index (κ1) is 15.5. The molecule has 0 amide bonds. The lowest BCUT2D eigenvalue weighted by molar-refractivity contribution is 0.103. The predicted octanol–water partition coefficient (Wildman–Crippen LogP) is 5.20. The van der Waals surface area contributed by atoms with Crippen LogP contribution in [0.5, 0.6) is 5.75 Å². The zero-order chi connectivity index (χ0) is 17.2. The summed E-state index contributed by atoms with van der Waals surface area (Å²) in [5.74, 6) is 0.716. The molecule has 0 fully saturated rings. The number of thiazole rings is 1. The third-order valence-electron chi connectivity index (χ3n) is 4.05. The highest BCUT2D eigenvalue weighted by atomic mass is 32.1. The number of rotatable bonds is 4. The number of carbonyl (C=O) groups is 1. The molecule has 25 heavy (non-hydrogen) atoms. The van der Waals surface area contributed by atoms with Gasteiger partial charge in [0.05, 0.1) is 17.3 Å². The number of carbonyl (C=O) groups excluding carboxylic acids is 1. The van der Waals surface area contributed by atoms with Gasteiger partial charge < -0.3 is 4.74 Å². The minimum atomic E-state index is -0.0162. The molecule has 0 saturated carbocycles. The Hall–Kier alpha value is -2.98. The van der Waals surface area contributed by atoms with Gasteiger partial charge in [0.2, 0.25) is 0 Å². The fourth-order valence-electron chi connectivity index (χ4n) is 2.75. The van der Waals surface area contributed by atoms with Gasteiger partial charge in [-0.05, 0) is 36.4 Å². The maximum atomic E-state index is 13.0. The number of benzene rings is 3. The summed E-state index contributed by atoms with van der Waals surface area (Å²) in [6.07, 6.45) is 0. The fraction of sp³-hybridized carbons (Fsp3) is 0.0476. The minimum Gasteiger partial charge on any atom is -0.497 e. The molecule has 4 heteroatoms. The van der Waals surface area contributed by atoms with Crippen molar-refractivity contribution in [2.45, 2.75) is 0 Å². The first-order valence-corrected chi connectivity index (χ1v) is 8.71. The Balaban J connectivity index is 1.79. The summed E-state index contributed by atoms with van der Waals surface area (Å²) < 4.78 is 6.28. The average molecular weight is 345 g/mol. The van der Waals surface area contributed by atoms with Gasteiger partial charge in [0.15, 0.2) is 5.78 Å². The van der Waals surface area contributed by atoms with E-state index in [-0.39, 0.29) is 5.78 Å². The third-order valence-corrected chi connectivity index (χ3v) is 5.12. The van der Waals surface area contributed by atoms with Gasteiger partial charge in [-0.3, -0.25) is 4.79 Å². The van der Waals surface area contributed by atoms with Crippen LogP contribution >= 0.6 is 11.3 Å². The molecule has 0 aliphatic heterocycles. The third kappa shape index (κ3) is 2.92. The standard InChI is InChI=1S/C21H15NO2S/c1-24-15-12-10-14(11-13-15)20(23)16-6-2-3-7-17(16)21-22-18-8-4-5-9-19(18)25-21/h2-13H,1H3. The molecule has 4 rings (SSSR count). The molecular weight excluding hydrogens is 330 g/mol. The zero-order valence-corrected chi connectivity index (χ0v) is 14.4. The van der Waals surface area contributed by atoms with E-state index in [1.807, 2.05) is 48.5 Å². The molecule has 0 spiro atoms. The first-order valence-electron chi connectivity index (χ1n) is 7.90. The molecule has 0 N–H and O–H groups in total. The number of methoxy groups -OCH3 is 1. The van der Waals surface area contributed by atoms with Crippen LogP contribution in [0.3, 0.4) is 0 Å². The van der Waals surface area contributed by atoms with Gasteiger partial charge in [0.1, 0.15) is 10.8 Å². The molecular formula is C21H15NO2S. The quantitative estimate of drug-likeness (QED) is 0.477. The highest BCUT2D eigenvalue weighted by Crippen LogP contribution is 2.33. The van der Waals surface area contributed by atoms with E-state index in [2.05, 4.69) is 0 Å². The second kappa shape index (κ2) is 6.49. The molecule has 3 nitrogen and oxygen atoms in total. The van der Waals surface area contributed by atoms with Crippen LogP contribution in [0.1, 0.15) is 15.9 Å². The second-order valence-electron chi connectivity index (χ2n) is 5.59. The van der Waals surface area contributed by atoms with E-state index in [1.165, 1.54) is 0 Å². The summed E-state index contributed by atoms with van der Waals surface area (Å²) in [5, 5.41) is 0.860. The molecule has 1 aromatic heterocycles. The van der Waals surface area contributed by atoms with Crippen LogP contribution in [-0.2, 0) is 0 Å². The van der Waals surface area contributed by atoms with Crippen LogP contribution in [0.2, 0.25) is 0 Å². The van der Waals surface area contributed by atoms with Crippen molar-refractivity contribution in [3.63, 3.8) is 0 Å². The number of ether oxygens (including phenoxy) is 1. The van der Waals surface area contributed by atoms with Crippen LogP contribution in [0.4, 0.5) is 0 Å². The summed E-state index contributed by atoms with van der Waals surface area (Å²) in [6, 6.07) is 22.8. The molecule has 1 heterocycles. The van der Waals surface area contributed by atoms with Crippen molar-refractivity contribution in [2.24, 2.45) is 0 Å². The molecule has 0 unspecified atom stereocenters. The van der Waals surface area contributed by atoms with Crippen molar-refractivity contribution in [3.05, 3.63) is 83.9 Å². The topological polar surface area (TPSA) is 39.2 Å². The maximum Gasteiger partial charge on any atom is 0.193 e. The van der Waals surface area contributed by atoms with Crippen LogP contribution in [0.15, 0.2) is 72.8 Å². The van der Waals surface area contributed by atoms with Crippen LogP contribution in [-0.4, -0.2) is 17.9 Å². The molecule has 0 bridgehead atoms. The van der Waals surface area contributed by atoms with Gasteiger partial charge in [-0.15, -0.1) is 11.3 Å². The Kier molecular flexibility index (Phi) is 4.04. The van der Waals surface area contributed by atoms with Crippen molar-refractivity contribution in [3.8, 4) is 16.3 Å². The SMILES string of the molecule is COc1ccc(C(=O)c2ccccc2-c2nc3ccccc3s2)cc1. The van der Waals surface area contributed by atoms with Gasteiger partial charge in [-0.1, -0.05) is 36.4 Å². The van der Waals surface area contributed by atoms with Gasteiger partial charge in [-0.2, -0.15) is 0 Å². The number of ketones is 1. The van der Waals surface area contributed by atoms with Crippen LogP contribution in [0, 0.1) is 0 Å². The van der Waals surface area contributed by atoms with E-state index in [1.54, 1.807) is 42.7 Å². The number of aromatic nitrogens is 1. The van der Waals surface area contributed by atoms with Crippen molar-refractivity contribution >= 4 is 27.3 Å². The van der Waals surface area contributed by atoms with Gasteiger partial charge >= 0.3 is 0 Å². The van der Waals surface area contributed by atoms with Crippen LogP contribution < -0.4 is 4.74 Å². The Morgan fingerprint density at radius 2 is 1.64 bits per heavy atom. The first-order chi connectivity index (χ1) is 12.3. The lowest BCUT2D eigenvalue weighted by Gasteiger charge is -2.07. The monoisotopic (exact) mass is 345 g/mol. The summed E-state index contributed by atoms with van der Waals surface area (Å²) in [7, 11) is 1.61. The van der Waals surface area contributed by atoms with Crippen molar-refractivity contribution in [2.75, 3.05) is 7.11 Å².